The van der Waals surface area contributed by atoms with Crippen LogP contribution < -0.4 is 5.73 Å². The monoisotopic (exact) mass is 329 g/mol. The van der Waals surface area contributed by atoms with E-state index in [0.717, 1.165) is 54.3 Å². The summed E-state index contributed by atoms with van der Waals surface area (Å²) in [6, 6.07) is 0. The number of aromatic nitrogens is 3. The maximum atomic E-state index is 11.9. The molecule has 1 amide bonds. The van der Waals surface area contributed by atoms with Crippen molar-refractivity contribution in [3.8, 4) is 11.3 Å². The molecule has 0 unspecified atom stereocenters. The average molecular weight is 329 g/mol. The van der Waals surface area contributed by atoms with Gasteiger partial charge in [-0.05, 0) is 32.6 Å². The first-order valence-corrected chi connectivity index (χ1v) is 8.30. The zero-order chi connectivity index (χ0) is 17.1. The second-order valence-corrected chi connectivity index (χ2v) is 6.33. The first kappa shape index (κ1) is 16.6. The van der Waals surface area contributed by atoms with E-state index >= 15 is 0 Å². The van der Waals surface area contributed by atoms with Gasteiger partial charge in [0.1, 0.15) is 5.76 Å². The van der Waals surface area contributed by atoms with Gasteiger partial charge in [0.2, 0.25) is 5.91 Å². The zero-order valence-corrected chi connectivity index (χ0v) is 14.2. The van der Waals surface area contributed by atoms with Crippen LogP contribution in [0, 0.1) is 19.8 Å². The van der Waals surface area contributed by atoms with Crippen molar-refractivity contribution < 1.29 is 9.32 Å². The van der Waals surface area contributed by atoms with Crippen molar-refractivity contribution in [1.82, 2.24) is 20.0 Å². The fraction of sp³-hybridized carbons (Fsp3) is 0.529. The molecule has 2 aromatic heterocycles. The second-order valence-electron chi connectivity index (χ2n) is 6.33. The Kier molecular flexibility index (Phi) is 4.89. The molecule has 0 spiro atoms. The molecule has 24 heavy (non-hydrogen) atoms. The van der Waals surface area contributed by atoms with Gasteiger partial charge >= 0.3 is 0 Å². The van der Waals surface area contributed by atoms with Gasteiger partial charge < -0.3 is 15.2 Å². The Morgan fingerprint density at radius 3 is 2.96 bits per heavy atom. The summed E-state index contributed by atoms with van der Waals surface area (Å²) in [5.74, 6) is 1.31. The molecular formula is C17H23N5O2. The van der Waals surface area contributed by atoms with Gasteiger partial charge in [-0.25, -0.2) is 4.98 Å². The molecule has 2 aromatic rings. The molecule has 2 N–H and O–H groups in total. The summed E-state index contributed by atoms with van der Waals surface area (Å²) in [4.78, 5) is 22.9. The molecule has 3 heterocycles. The number of rotatable bonds is 5. The highest BCUT2D eigenvalue weighted by Gasteiger charge is 2.26. The lowest BCUT2D eigenvalue weighted by Gasteiger charge is -2.16. The normalized spacial score (nSPS) is 17.5. The van der Waals surface area contributed by atoms with Crippen LogP contribution in [0.1, 0.15) is 30.0 Å². The number of hydrogen-bond acceptors (Lipinski definition) is 6. The minimum Gasteiger partial charge on any atom is -0.361 e. The van der Waals surface area contributed by atoms with E-state index in [1.165, 1.54) is 0 Å². The van der Waals surface area contributed by atoms with E-state index in [-0.39, 0.29) is 5.91 Å². The Morgan fingerprint density at radius 1 is 1.42 bits per heavy atom. The molecule has 0 radical (unpaired) electrons. The first-order valence-electron chi connectivity index (χ1n) is 8.30. The van der Waals surface area contributed by atoms with E-state index in [0.29, 0.717) is 18.9 Å². The molecule has 0 bridgehead atoms. The van der Waals surface area contributed by atoms with Crippen LogP contribution in [0.5, 0.6) is 0 Å². The second kappa shape index (κ2) is 7.09. The smallest absolute Gasteiger partial charge is 0.223 e. The van der Waals surface area contributed by atoms with Gasteiger partial charge in [-0.15, -0.1) is 0 Å². The van der Waals surface area contributed by atoms with Crippen LogP contribution in [0.3, 0.4) is 0 Å². The highest BCUT2D eigenvalue weighted by molar-refractivity contribution is 5.76. The van der Waals surface area contributed by atoms with E-state index < -0.39 is 0 Å². The van der Waals surface area contributed by atoms with Crippen LogP contribution in [0.4, 0.5) is 0 Å². The van der Waals surface area contributed by atoms with Crippen molar-refractivity contribution in [2.45, 2.75) is 33.1 Å². The Bertz CT molecular complexity index is 708. The standard InChI is InChI=1S/C17H23N5O2/c1-11-17(12(2)24-21-11)15-9-19-8-14(20-15)7-13-4-6-22(10-13)16(23)3-5-18/h8-9,13H,3-7,10,18H2,1-2H3/t13-/m1/s1. The summed E-state index contributed by atoms with van der Waals surface area (Å²) >= 11 is 0. The number of nitrogens with two attached hydrogens (primary N) is 1. The number of aryl methyl sites for hydroxylation is 2. The molecule has 1 aliphatic heterocycles. The number of carbonyl (C=O) groups excluding carboxylic acids is 1. The topological polar surface area (TPSA) is 98.1 Å². The lowest BCUT2D eigenvalue weighted by Crippen LogP contribution is -2.30. The minimum absolute atomic E-state index is 0.149. The number of nitrogens with zero attached hydrogens (tertiary/aromatic N) is 4. The predicted molar refractivity (Wildman–Crippen MR) is 89.1 cm³/mol. The first-order chi connectivity index (χ1) is 11.6. The lowest BCUT2D eigenvalue weighted by atomic mass is 10.0. The van der Waals surface area contributed by atoms with Crippen molar-refractivity contribution >= 4 is 5.91 Å². The average Bonchev–Trinajstić information content (AvgIpc) is 3.15. The van der Waals surface area contributed by atoms with Crippen molar-refractivity contribution in [2.24, 2.45) is 11.7 Å². The lowest BCUT2D eigenvalue weighted by molar-refractivity contribution is -0.130. The summed E-state index contributed by atoms with van der Waals surface area (Å²) in [7, 11) is 0. The third-order valence-corrected chi connectivity index (χ3v) is 4.47. The summed E-state index contributed by atoms with van der Waals surface area (Å²) in [6.07, 6.45) is 5.77. The summed E-state index contributed by atoms with van der Waals surface area (Å²) in [6.45, 7) is 5.77. The molecule has 1 saturated heterocycles. The Hall–Kier alpha value is -2.28. The summed E-state index contributed by atoms with van der Waals surface area (Å²) < 4.78 is 5.21. The Labute approximate surface area is 141 Å². The van der Waals surface area contributed by atoms with E-state index in [2.05, 4.69) is 10.1 Å². The van der Waals surface area contributed by atoms with Gasteiger partial charge in [0.05, 0.1) is 28.8 Å². The fourth-order valence-corrected chi connectivity index (χ4v) is 3.28. The van der Waals surface area contributed by atoms with Crippen molar-refractivity contribution in [2.75, 3.05) is 19.6 Å². The van der Waals surface area contributed by atoms with Crippen molar-refractivity contribution in [1.29, 1.82) is 0 Å². The molecule has 0 aliphatic carbocycles. The third kappa shape index (κ3) is 3.46. The predicted octanol–water partition coefficient (Wildman–Crippen LogP) is 1.49. The van der Waals surface area contributed by atoms with Gasteiger partial charge in [-0.1, -0.05) is 5.16 Å². The van der Waals surface area contributed by atoms with Gasteiger partial charge in [0.15, 0.2) is 0 Å². The Morgan fingerprint density at radius 2 is 2.25 bits per heavy atom. The molecule has 0 saturated carbocycles. The van der Waals surface area contributed by atoms with Crippen molar-refractivity contribution in [3.05, 3.63) is 29.5 Å². The van der Waals surface area contributed by atoms with E-state index in [1.807, 2.05) is 18.7 Å². The molecule has 3 rings (SSSR count). The molecular weight excluding hydrogens is 306 g/mol. The van der Waals surface area contributed by atoms with Crippen LogP contribution in [-0.4, -0.2) is 45.6 Å². The van der Waals surface area contributed by atoms with Crippen LogP contribution >= 0.6 is 0 Å². The highest BCUT2D eigenvalue weighted by Crippen LogP contribution is 2.26. The summed E-state index contributed by atoms with van der Waals surface area (Å²) in [5.41, 5.74) is 8.92. The largest absolute Gasteiger partial charge is 0.361 e. The van der Waals surface area contributed by atoms with Crippen LogP contribution in [0.25, 0.3) is 11.3 Å². The zero-order valence-electron chi connectivity index (χ0n) is 14.2. The van der Waals surface area contributed by atoms with Gasteiger partial charge in [-0.3, -0.25) is 9.78 Å². The molecule has 1 atom stereocenters. The van der Waals surface area contributed by atoms with E-state index in [9.17, 15) is 4.79 Å². The van der Waals surface area contributed by atoms with Crippen LogP contribution in [0.15, 0.2) is 16.9 Å². The maximum Gasteiger partial charge on any atom is 0.223 e. The number of likely N-dealkylation sites (tertiary alicyclic amines) is 1. The fourth-order valence-electron chi connectivity index (χ4n) is 3.28. The summed E-state index contributed by atoms with van der Waals surface area (Å²) in [5, 5.41) is 3.98. The quantitative estimate of drug-likeness (QED) is 0.892. The number of hydrogen-bond donors (Lipinski definition) is 1. The van der Waals surface area contributed by atoms with E-state index in [1.54, 1.807) is 12.4 Å². The van der Waals surface area contributed by atoms with Gasteiger partial charge in [-0.2, -0.15) is 0 Å². The molecule has 128 valence electrons. The Balaban J connectivity index is 1.69. The highest BCUT2D eigenvalue weighted by atomic mass is 16.5. The number of carbonyl (C=O) groups is 1. The van der Waals surface area contributed by atoms with Crippen LogP contribution in [-0.2, 0) is 11.2 Å². The number of amides is 1. The molecule has 7 heteroatoms. The minimum atomic E-state index is 0.149. The molecule has 1 fully saturated rings. The van der Waals surface area contributed by atoms with E-state index in [4.69, 9.17) is 15.2 Å². The van der Waals surface area contributed by atoms with Gasteiger partial charge in [0.25, 0.3) is 0 Å². The van der Waals surface area contributed by atoms with Crippen LogP contribution in [0.2, 0.25) is 0 Å². The SMILES string of the molecule is Cc1noc(C)c1-c1cncc(C[C@H]2CCN(C(=O)CCN)C2)n1. The maximum absolute atomic E-state index is 11.9. The molecule has 1 aliphatic rings. The molecule has 0 aromatic carbocycles. The van der Waals surface area contributed by atoms with Crippen molar-refractivity contribution in [3.63, 3.8) is 0 Å². The van der Waals surface area contributed by atoms with Gasteiger partial charge in [0, 0.05) is 32.3 Å². The third-order valence-electron chi connectivity index (χ3n) is 4.47. The molecule has 7 nitrogen and oxygen atoms in total.